The molecule has 0 fully saturated rings. The lowest BCUT2D eigenvalue weighted by atomic mass is 9.93. The molecule has 9 N–H and O–H groups in total. The Morgan fingerprint density at radius 3 is 2.40 bits per heavy atom. The van der Waals surface area contributed by atoms with Gasteiger partial charge < -0.3 is 32.5 Å². The van der Waals surface area contributed by atoms with Gasteiger partial charge in [-0.15, -0.1) is 0 Å². The molecule has 3 aromatic carbocycles. The van der Waals surface area contributed by atoms with Crippen molar-refractivity contribution in [2.45, 2.75) is 39.4 Å². The lowest BCUT2D eigenvalue weighted by Crippen LogP contribution is -2.25. The number of aromatic nitrogens is 1. The van der Waals surface area contributed by atoms with Crippen LogP contribution in [-0.2, 0) is 24.3 Å². The molecule has 10 nitrogen and oxygen atoms in total. The minimum Gasteiger partial charge on any atom is -0.505 e. The van der Waals surface area contributed by atoms with Gasteiger partial charge in [0.15, 0.2) is 0 Å². The molecule has 0 aliphatic rings. The number of amidine groups is 1. The van der Waals surface area contributed by atoms with Crippen molar-refractivity contribution in [3.63, 3.8) is 0 Å². The Morgan fingerprint density at radius 2 is 1.74 bits per heavy atom. The van der Waals surface area contributed by atoms with Crippen LogP contribution in [0.4, 0.5) is 11.4 Å². The fourth-order valence-electron chi connectivity index (χ4n) is 4.53. The van der Waals surface area contributed by atoms with Gasteiger partial charge in [0.05, 0.1) is 29.4 Å². The number of carbonyl (C=O) groups excluding carboxylic acids is 2. The maximum atomic E-state index is 13.2. The van der Waals surface area contributed by atoms with Crippen molar-refractivity contribution in [1.82, 2.24) is 15.6 Å². The zero-order valence-electron chi connectivity index (χ0n) is 23.9. The number of phenols is 1. The van der Waals surface area contributed by atoms with Gasteiger partial charge in [-0.3, -0.25) is 20.0 Å². The smallest absolute Gasteiger partial charge is 0.251 e. The van der Waals surface area contributed by atoms with Gasteiger partial charge in [-0.25, -0.2) is 0 Å². The monoisotopic (exact) mass is 599 g/mol. The van der Waals surface area contributed by atoms with E-state index in [1.807, 2.05) is 19.9 Å². The predicted molar refractivity (Wildman–Crippen MR) is 170 cm³/mol. The first-order valence-corrected chi connectivity index (χ1v) is 14.0. The van der Waals surface area contributed by atoms with Crippen molar-refractivity contribution in [2.75, 3.05) is 11.1 Å². The maximum absolute atomic E-state index is 13.2. The average molecular weight is 600 g/mol. The number of nitrogens with zero attached hydrogens (tertiary/aromatic N) is 1. The maximum Gasteiger partial charge on any atom is 0.251 e. The lowest BCUT2D eigenvalue weighted by molar-refractivity contribution is -0.120. The van der Waals surface area contributed by atoms with Gasteiger partial charge in [-0.2, -0.15) is 0 Å². The average Bonchev–Trinajstić information content (AvgIpc) is 2.97. The van der Waals surface area contributed by atoms with E-state index in [-0.39, 0.29) is 65.1 Å². The molecule has 0 bridgehead atoms. The van der Waals surface area contributed by atoms with E-state index in [4.69, 9.17) is 28.5 Å². The number of benzene rings is 3. The number of nitrogens with two attached hydrogens (primary N) is 2. The highest BCUT2D eigenvalue weighted by atomic mass is 35.5. The number of carbonyl (C=O) groups is 2. The molecule has 0 saturated carbocycles. The van der Waals surface area contributed by atoms with E-state index in [0.29, 0.717) is 33.8 Å². The number of rotatable bonds is 11. The molecule has 0 aliphatic heterocycles. The molecule has 43 heavy (non-hydrogen) atoms. The molecule has 11 heteroatoms. The second kappa shape index (κ2) is 13.7. The third-order valence-corrected chi connectivity index (χ3v) is 6.85. The molecule has 0 saturated heterocycles. The van der Waals surface area contributed by atoms with Crippen molar-refractivity contribution < 1.29 is 14.7 Å². The summed E-state index contributed by atoms with van der Waals surface area (Å²) in [7, 11) is 0. The molecule has 0 radical (unpaired) electrons. The minimum atomic E-state index is -0.368. The van der Waals surface area contributed by atoms with Crippen LogP contribution in [-0.4, -0.2) is 33.8 Å². The Bertz CT molecular complexity index is 1640. The van der Waals surface area contributed by atoms with Gasteiger partial charge >= 0.3 is 0 Å². The number of pyridine rings is 1. The number of aromatic hydroxyl groups is 1. The number of amides is 2. The fraction of sp³-hybridized carbons (Fsp3) is 0.188. The first-order chi connectivity index (χ1) is 20.5. The molecular formula is C32H34ClN7O3. The quantitative estimate of drug-likeness (QED) is 0.0570. The van der Waals surface area contributed by atoms with Crippen LogP contribution in [0.3, 0.4) is 0 Å². The Morgan fingerprint density at radius 1 is 1.00 bits per heavy atom. The van der Waals surface area contributed by atoms with Crippen LogP contribution < -0.4 is 27.4 Å². The number of hydrogen-bond acceptors (Lipinski definition) is 7. The highest BCUT2D eigenvalue weighted by Crippen LogP contribution is 2.43. The lowest BCUT2D eigenvalue weighted by Gasteiger charge is -2.20. The number of nitrogens with one attached hydrogen (secondary N) is 4. The number of halogens is 1. The van der Waals surface area contributed by atoms with Gasteiger partial charge in [0.25, 0.3) is 5.91 Å². The van der Waals surface area contributed by atoms with Crippen LogP contribution in [0.2, 0.25) is 5.02 Å². The first kappa shape index (κ1) is 30.9. The summed E-state index contributed by atoms with van der Waals surface area (Å²) in [5.74, 6) is -0.895. The number of anilines is 2. The summed E-state index contributed by atoms with van der Waals surface area (Å²) in [6.45, 7) is 4.28. The second-order valence-electron chi connectivity index (χ2n) is 10.3. The van der Waals surface area contributed by atoms with E-state index < -0.39 is 0 Å². The molecule has 4 rings (SSSR count). The summed E-state index contributed by atoms with van der Waals surface area (Å²) in [6, 6.07) is 18.8. The summed E-state index contributed by atoms with van der Waals surface area (Å²) in [6.07, 6.45) is 1.45. The van der Waals surface area contributed by atoms with E-state index in [2.05, 4.69) is 20.9 Å². The SMILES string of the molecule is CC(C)Nc1cc(Cl)c(-c2cc(N)cc(C(=O)NCc3ccccn3)c2)c(CC(=O)NCc2ccc(C(=N)N)cc2)c1O. The number of phenolic OH excluding ortho intramolecular Hbond substituents is 1. The first-order valence-electron chi connectivity index (χ1n) is 13.6. The normalized spacial score (nSPS) is 10.8. The molecule has 1 heterocycles. The van der Waals surface area contributed by atoms with Crippen LogP contribution in [0.15, 0.2) is 72.9 Å². The highest BCUT2D eigenvalue weighted by molar-refractivity contribution is 6.34. The van der Waals surface area contributed by atoms with Crippen molar-refractivity contribution in [3.8, 4) is 16.9 Å². The van der Waals surface area contributed by atoms with Crippen molar-refractivity contribution in [3.05, 3.63) is 106 Å². The molecule has 222 valence electrons. The van der Waals surface area contributed by atoms with Gasteiger partial charge in [0.2, 0.25) is 5.91 Å². The zero-order chi connectivity index (χ0) is 31.1. The summed E-state index contributed by atoms with van der Waals surface area (Å²) < 4.78 is 0. The Labute approximate surface area is 255 Å². The third-order valence-electron chi connectivity index (χ3n) is 6.55. The van der Waals surface area contributed by atoms with Crippen molar-refractivity contribution in [2.24, 2.45) is 5.73 Å². The van der Waals surface area contributed by atoms with Crippen LogP contribution in [0.1, 0.15) is 46.6 Å². The van der Waals surface area contributed by atoms with Gasteiger partial charge in [-0.1, -0.05) is 41.9 Å². The molecular weight excluding hydrogens is 566 g/mol. The second-order valence-corrected chi connectivity index (χ2v) is 10.7. The largest absolute Gasteiger partial charge is 0.505 e. The fourth-order valence-corrected chi connectivity index (χ4v) is 4.86. The molecule has 0 atom stereocenters. The highest BCUT2D eigenvalue weighted by Gasteiger charge is 2.22. The summed E-state index contributed by atoms with van der Waals surface area (Å²) in [5, 5.41) is 28.0. The number of nitrogen functional groups attached to an aromatic ring is 2. The third kappa shape index (κ3) is 8.02. The van der Waals surface area contributed by atoms with Crippen LogP contribution >= 0.6 is 11.6 Å². The molecule has 0 unspecified atom stereocenters. The van der Waals surface area contributed by atoms with E-state index in [1.165, 1.54) is 0 Å². The molecule has 4 aromatic rings. The van der Waals surface area contributed by atoms with Crippen molar-refractivity contribution >= 4 is 40.6 Å². The summed E-state index contributed by atoms with van der Waals surface area (Å²) in [4.78, 5) is 30.4. The predicted octanol–water partition coefficient (Wildman–Crippen LogP) is 4.58. The van der Waals surface area contributed by atoms with E-state index >= 15 is 0 Å². The van der Waals surface area contributed by atoms with Gasteiger partial charge in [0.1, 0.15) is 11.6 Å². The Hall–Kier alpha value is -5.09. The van der Waals surface area contributed by atoms with Crippen LogP contribution in [0, 0.1) is 5.41 Å². The van der Waals surface area contributed by atoms with Gasteiger partial charge in [0, 0.05) is 46.7 Å². The topological polar surface area (TPSA) is 179 Å². The summed E-state index contributed by atoms with van der Waals surface area (Å²) >= 11 is 6.79. The van der Waals surface area contributed by atoms with E-state index in [0.717, 1.165) is 5.56 Å². The summed E-state index contributed by atoms with van der Waals surface area (Å²) in [5.41, 5.74) is 15.9. The molecule has 0 spiro atoms. The molecule has 2 amide bonds. The minimum absolute atomic E-state index is 0.0192. The number of hydrogen-bond donors (Lipinski definition) is 7. The Kier molecular flexibility index (Phi) is 9.84. The van der Waals surface area contributed by atoms with Crippen LogP contribution in [0.5, 0.6) is 5.75 Å². The van der Waals surface area contributed by atoms with Gasteiger partial charge in [-0.05, 0) is 61.4 Å². The van der Waals surface area contributed by atoms with Crippen molar-refractivity contribution in [1.29, 1.82) is 5.41 Å². The van der Waals surface area contributed by atoms with E-state index in [9.17, 15) is 14.7 Å². The Balaban J connectivity index is 1.64. The van der Waals surface area contributed by atoms with Crippen LogP contribution in [0.25, 0.3) is 11.1 Å². The standard InChI is InChI=1S/C32H34ClN7O3/c1-18(2)40-27-15-26(33)29(21-11-22(13-23(34)12-21)32(43)39-17-24-5-3-4-10-37-24)25(30(27)42)14-28(41)38-16-19-6-8-20(9-7-19)31(35)36/h3-13,15,18,40,42H,14,16-17,34H2,1-2H3,(H3,35,36)(H,38,41)(H,39,43). The molecule has 0 aliphatic carbocycles. The molecule has 1 aromatic heterocycles. The zero-order valence-corrected chi connectivity index (χ0v) is 24.6. The van der Waals surface area contributed by atoms with E-state index in [1.54, 1.807) is 66.9 Å².